The van der Waals surface area contributed by atoms with Gasteiger partial charge in [0.1, 0.15) is 11.0 Å². The summed E-state index contributed by atoms with van der Waals surface area (Å²) >= 11 is 5.95. The number of nitrogens with one attached hydrogen (secondary N) is 1. The Bertz CT molecular complexity index is 2760. The molecule has 4 atom stereocenters. The molecule has 4 aliphatic rings. The average molecular weight is 992 g/mol. The Morgan fingerprint density at radius 3 is 1.44 bits per heavy atom. The number of carboxylic acids is 2. The molecule has 71 heavy (non-hydrogen) atoms. The van der Waals surface area contributed by atoms with Gasteiger partial charge >= 0.3 is 11.9 Å². The second-order valence-electron chi connectivity index (χ2n) is 20.5. The van der Waals surface area contributed by atoms with Crippen LogP contribution in [-0.2, 0) is 9.47 Å². The van der Waals surface area contributed by atoms with E-state index < -0.39 is 11.9 Å². The van der Waals surface area contributed by atoms with Gasteiger partial charge in [-0.05, 0) is 113 Å². The molecule has 2 saturated heterocycles. The fourth-order valence-electron chi connectivity index (χ4n) is 10.6. The number of morpholine rings is 2. The maximum Gasteiger partial charge on any atom is 0.354 e. The number of rotatable bonds is 9. The van der Waals surface area contributed by atoms with Gasteiger partial charge in [0.25, 0.3) is 0 Å². The van der Waals surface area contributed by atoms with Crippen molar-refractivity contribution in [3.63, 3.8) is 0 Å². The summed E-state index contributed by atoms with van der Waals surface area (Å²) in [4.78, 5) is 44.1. The molecule has 380 valence electrons. The van der Waals surface area contributed by atoms with Crippen LogP contribution in [0.15, 0.2) is 48.8 Å². The van der Waals surface area contributed by atoms with Crippen LogP contribution in [0, 0.1) is 0 Å². The Morgan fingerprint density at radius 1 is 0.634 bits per heavy atom. The van der Waals surface area contributed by atoms with Crippen LogP contribution in [0.3, 0.4) is 0 Å². The van der Waals surface area contributed by atoms with Gasteiger partial charge in [-0.2, -0.15) is 10.2 Å². The zero-order chi connectivity index (χ0) is 50.5. The first-order chi connectivity index (χ1) is 34.1. The van der Waals surface area contributed by atoms with Crippen molar-refractivity contribution in [2.45, 2.75) is 168 Å². The lowest BCUT2D eigenvalue weighted by molar-refractivity contribution is -0.0166. The lowest BCUT2D eigenvalue weighted by Crippen LogP contribution is -2.45. The summed E-state index contributed by atoms with van der Waals surface area (Å²) < 4.78 is 15.3. The fraction of sp³-hybridized carbons (Fsp3) is 0.556. The molecule has 4 fully saturated rings. The van der Waals surface area contributed by atoms with Crippen LogP contribution in [0.25, 0.3) is 44.3 Å². The molecule has 6 aromatic rings. The second kappa shape index (κ2) is 22.9. The summed E-state index contributed by atoms with van der Waals surface area (Å²) in [6.45, 7) is 20.4. The number of hydrogen-bond donors (Lipinski definition) is 3. The van der Waals surface area contributed by atoms with E-state index in [4.69, 9.17) is 36.3 Å². The van der Waals surface area contributed by atoms with Gasteiger partial charge in [-0.3, -0.25) is 0 Å². The van der Waals surface area contributed by atoms with Crippen molar-refractivity contribution in [2.75, 3.05) is 31.1 Å². The molecule has 2 saturated carbocycles. The van der Waals surface area contributed by atoms with Crippen molar-refractivity contribution in [2.24, 2.45) is 0 Å². The van der Waals surface area contributed by atoms with Gasteiger partial charge in [-0.25, -0.2) is 38.9 Å². The van der Waals surface area contributed by atoms with Crippen molar-refractivity contribution < 1.29 is 29.3 Å². The van der Waals surface area contributed by atoms with Crippen molar-refractivity contribution >= 4 is 51.4 Å². The summed E-state index contributed by atoms with van der Waals surface area (Å²) in [5, 5.41) is 35.0. The number of halogens is 1. The fourth-order valence-corrected chi connectivity index (χ4v) is 10.7. The molecule has 2 aliphatic carbocycles. The quantitative estimate of drug-likeness (QED) is 0.116. The van der Waals surface area contributed by atoms with Gasteiger partial charge in [0.15, 0.2) is 22.7 Å². The van der Waals surface area contributed by atoms with Crippen LogP contribution < -0.4 is 10.2 Å². The maximum atomic E-state index is 12.1. The number of fused-ring (bicyclic) bond motifs is 2. The first-order valence-electron chi connectivity index (χ1n) is 25.7. The molecule has 0 spiro atoms. The number of aromatic nitrogens is 8. The first-order valence-corrected chi connectivity index (χ1v) is 26.1. The van der Waals surface area contributed by atoms with E-state index in [-0.39, 0.29) is 47.5 Å². The largest absolute Gasteiger partial charge is 0.477 e. The topological polar surface area (TPSA) is 196 Å². The van der Waals surface area contributed by atoms with Gasteiger partial charge in [0, 0.05) is 49.7 Å². The normalized spacial score (nSPS) is 21.3. The Kier molecular flexibility index (Phi) is 16.7. The van der Waals surface area contributed by atoms with E-state index in [1.54, 1.807) is 24.4 Å². The highest BCUT2D eigenvalue weighted by molar-refractivity contribution is 6.29. The third-order valence-electron chi connectivity index (χ3n) is 13.9. The molecular formula is C54H71ClN10O6. The minimum absolute atomic E-state index is 0.0183. The van der Waals surface area contributed by atoms with E-state index in [1.807, 2.05) is 33.8 Å². The molecule has 3 N–H and O–H groups in total. The monoisotopic (exact) mass is 991 g/mol. The third kappa shape index (κ3) is 12.0. The van der Waals surface area contributed by atoms with Crippen molar-refractivity contribution in [1.82, 2.24) is 44.8 Å². The van der Waals surface area contributed by atoms with Crippen LogP contribution in [0.5, 0.6) is 0 Å². The highest BCUT2D eigenvalue weighted by atomic mass is 35.5. The molecule has 17 heteroatoms. The smallest absolute Gasteiger partial charge is 0.354 e. The van der Waals surface area contributed by atoms with E-state index in [1.165, 1.54) is 25.7 Å². The van der Waals surface area contributed by atoms with Crippen LogP contribution in [0.4, 0.5) is 5.82 Å². The SMILES string of the molecule is CC(C)c1nn(C2CCCCC2)c2nc(C(=O)O)cc(-c3ccc(Cl)nc3)c12.CC1CN(c2ccc(-c3cc(C(=O)O)nc4c3c(C(C)C)nn4C3CCCCC3)cn2)CC(C)O1.CC1CNCC(C)O1. The lowest BCUT2D eigenvalue weighted by Gasteiger charge is -2.36. The van der Waals surface area contributed by atoms with Crippen molar-refractivity contribution in [3.8, 4) is 22.3 Å². The van der Waals surface area contributed by atoms with E-state index in [0.29, 0.717) is 28.7 Å². The molecule has 0 aromatic carbocycles. The molecule has 16 nitrogen and oxygen atoms in total. The molecule has 0 radical (unpaired) electrons. The Balaban J connectivity index is 0.000000167. The lowest BCUT2D eigenvalue weighted by atomic mass is 9.95. The molecule has 4 unspecified atom stereocenters. The van der Waals surface area contributed by atoms with E-state index in [9.17, 15) is 19.8 Å². The predicted octanol–water partition coefficient (Wildman–Crippen LogP) is 11.3. The molecule has 10 rings (SSSR count). The van der Waals surface area contributed by atoms with Crippen molar-refractivity contribution in [1.29, 1.82) is 0 Å². The Labute approximate surface area is 421 Å². The van der Waals surface area contributed by atoms with Gasteiger partial charge in [0.2, 0.25) is 0 Å². The van der Waals surface area contributed by atoms with Gasteiger partial charge in [0.05, 0.1) is 58.7 Å². The van der Waals surface area contributed by atoms with Crippen LogP contribution in [-0.4, -0.2) is 112 Å². The molecule has 0 amide bonds. The molecule has 6 aromatic heterocycles. The summed E-state index contributed by atoms with van der Waals surface area (Å²) in [6.07, 6.45) is 16.0. The van der Waals surface area contributed by atoms with Crippen LogP contribution >= 0.6 is 11.6 Å². The Hall–Kier alpha value is -5.55. The average Bonchev–Trinajstić information content (AvgIpc) is 3.95. The molecule has 0 bridgehead atoms. The minimum Gasteiger partial charge on any atom is -0.477 e. The molecule has 2 aliphatic heterocycles. The number of pyridine rings is 4. The van der Waals surface area contributed by atoms with Crippen LogP contribution in [0.1, 0.15) is 176 Å². The van der Waals surface area contributed by atoms with Crippen LogP contribution in [0.2, 0.25) is 5.15 Å². The van der Waals surface area contributed by atoms with E-state index in [2.05, 4.69) is 80.6 Å². The third-order valence-corrected chi connectivity index (χ3v) is 14.1. The van der Waals surface area contributed by atoms with Gasteiger partial charge in [-0.1, -0.05) is 77.8 Å². The Morgan fingerprint density at radius 2 is 1.07 bits per heavy atom. The zero-order valence-corrected chi connectivity index (χ0v) is 43.3. The van der Waals surface area contributed by atoms with Gasteiger partial charge in [-0.15, -0.1) is 0 Å². The number of nitrogens with zero attached hydrogens (tertiary/aromatic N) is 9. The number of carboxylic acid groups (broad SMARTS) is 2. The maximum absolute atomic E-state index is 12.1. The molecule has 8 heterocycles. The van der Waals surface area contributed by atoms with E-state index in [0.717, 1.165) is 115 Å². The standard InChI is InChI=1S/C27H35N5O3.C21H23ClN4O2.C6H13NO/c1-16(2)25-24-21(19-10-11-23(28-13-19)31-14-17(3)35-18(4)15-31)12-22(27(33)34)29-26(24)32(30-25)20-8-6-5-7-9-20;1-12(2)19-18-15(13-8-9-17(22)23-11-13)10-16(21(27)28)24-20(18)26(25-19)14-6-4-3-5-7-14;1-5-3-7-4-6(2)8-5/h10-13,16-18,20H,5-9,14-15H2,1-4H3,(H,33,34);8-12,14H,3-7H2,1-2H3,(H,27,28);5-7H,3-4H2,1-2H3. The number of anilines is 1. The summed E-state index contributed by atoms with van der Waals surface area (Å²) in [5.41, 5.74) is 6.60. The highest BCUT2D eigenvalue weighted by Crippen LogP contribution is 2.40. The minimum atomic E-state index is -1.05. The second-order valence-corrected chi connectivity index (χ2v) is 20.9. The summed E-state index contributed by atoms with van der Waals surface area (Å²) in [7, 11) is 0. The summed E-state index contributed by atoms with van der Waals surface area (Å²) in [6, 6.07) is 11.4. The van der Waals surface area contributed by atoms with Crippen molar-refractivity contribution in [3.05, 3.63) is 76.7 Å². The predicted molar refractivity (Wildman–Crippen MR) is 278 cm³/mol. The summed E-state index contributed by atoms with van der Waals surface area (Å²) in [5.74, 6) is -0.809. The number of ether oxygens (including phenoxy) is 2. The number of hydrogen-bond acceptors (Lipinski definition) is 12. The zero-order valence-electron chi connectivity index (χ0n) is 42.6. The first kappa shape index (κ1) is 51.8. The number of aromatic carboxylic acids is 2. The number of carbonyl (C=O) groups is 2. The highest BCUT2D eigenvalue weighted by Gasteiger charge is 2.29. The molecular weight excluding hydrogens is 920 g/mol. The van der Waals surface area contributed by atoms with Gasteiger partial charge < -0.3 is 29.9 Å². The van der Waals surface area contributed by atoms with E-state index >= 15 is 0 Å².